The second-order valence-corrected chi connectivity index (χ2v) is 7.22. The number of hydrogen-bond donors (Lipinski definition) is 1. The summed E-state index contributed by atoms with van der Waals surface area (Å²) in [7, 11) is 2.35. The highest BCUT2D eigenvalue weighted by molar-refractivity contribution is 5.78. The molecule has 0 saturated carbocycles. The maximum absolute atomic E-state index is 12.5. The van der Waals surface area contributed by atoms with Crippen LogP contribution in [0.4, 0.5) is 0 Å². The fraction of sp³-hybridized carbons (Fsp3) is 0.632. The summed E-state index contributed by atoms with van der Waals surface area (Å²) in [4.78, 5) is 12.5. The number of piperidine rings is 1. The number of esters is 1. The lowest BCUT2D eigenvalue weighted by Crippen LogP contribution is -3.00. The number of quaternary nitrogens is 1. The van der Waals surface area contributed by atoms with E-state index < -0.39 is 5.92 Å². The maximum atomic E-state index is 12.5. The van der Waals surface area contributed by atoms with Crippen molar-refractivity contribution < 1.29 is 43.1 Å². The fourth-order valence-corrected chi connectivity index (χ4v) is 4.55. The van der Waals surface area contributed by atoms with E-state index >= 15 is 0 Å². The van der Waals surface area contributed by atoms with Crippen molar-refractivity contribution >= 4 is 5.97 Å². The number of carbonyl (C=O) groups excluding carboxylic acids is 1. The standard InChI is InChI=1S/C19H28NO3.HI/c1-3-20(2)15-9-10-16(20)12-17(11-15)23-19(22)18(13-21)14-7-5-4-6-8-14;/h4-8,15-18,21H,3,9-13H2,1-2H3;1H/q+1;/p-1. The molecule has 1 aromatic carbocycles. The fourth-order valence-electron chi connectivity index (χ4n) is 4.55. The number of rotatable bonds is 5. The number of halogens is 1. The zero-order valence-corrected chi connectivity index (χ0v) is 16.7. The molecule has 2 aliphatic heterocycles. The zero-order chi connectivity index (χ0) is 16.4. The molecule has 3 atom stereocenters. The number of aliphatic hydroxyl groups is 1. The van der Waals surface area contributed by atoms with Crippen LogP contribution in [0.25, 0.3) is 0 Å². The summed E-state index contributed by atoms with van der Waals surface area (Å²) in [5.74, 6) is -0.849. The maximum Gasteiger partial charge on any atom is 0.316 e. The lowest BCUT2D eigenvalue weighted by atomic mass is 9.96. The van der Waals surface area contributed by atoms with E-state index in [0.717, 1.165) is 29.4 Å². The van der Waals surface area contributed by atoms with Crippen LogP contribution >= 0.6 is 0 Å². The third-order valence-electron chi connectivity index (χ3n) is 6.20. The van der Waals surface area contributed by atoms with E-state index in [9.17, 15) is 9.90 Å². The van der Waals surface area contributed by atoms with Crippen molar-refractivity contribution in [2.24, 2.45) is 0 Å². The average molecular weight is 445 g/mol. The highest BCUT2D eigenvalue weighted by Gasteiger charge is 2.51. The van der Waals surface area contributed by atoms with Gasteiger partial charge in [-0.1, -0.05) is 30.3 Å². The first-order chi connectivity index (χ1) is 11.1. The van der Waals surface area contributed by atoms with Crippen LogP contribution in [0.15, 0.2) is 30.3 Å². The first-order valence-electron chi connectivity index (χ1n) is 8.79. The van der Waals surface area contributed by atoms with Crippen molar-refractivity contribution in [3.8, 4) is 0 Å². The Morgan fingerprint density at radius 3 is 2.33 bits per heavy atom. The topological polar surface area (TPSA) is 46.5 Å². The van der Waals surface area contributed by atoms with Gasteiger partial charge in [0.05, 0.1) is 32.3 Å². The Hall–Kier alpha value is -0.660. The lowest BCUT2D eigenvalue weighted by molar-refractivity contribution is -0.947. The normalized spacial score (nSPS) is 32.7. The predicted octanol–water partition coefficient (Wildman–Crippen LogP) is -0.530. The highest BCUT2D eigenvalue weighted by Crippen LogP contribution is 2.42. The molecule has 134 valence electrons. The van der Waals surface area contributed by atoms with Gasteiger partial charge in [0.15, 0.2) is 0 Å². The van der Waals surface area contributed by atoms with Crippen molar-refractivity contribution in [1.82, 2.24) is 0 Å². The molecule has 0 amide bonds. The molecule has 2 heterocycles. The van der Waals surface area contributed by atoms with E-state index in [1.807, 2.05) is 30.3 Å². The van der Waals surface area contributed by atoms with E-state index in [-0.39, 0.29) is 42.7 Å². The Labute approximate surface area is 161 Å². The van der Waals surface area contributed by atoms with E-state index in [1.165, 1.54) is 12.8 Å². The predicted molar refractivity (Wildman–Crippen MR) is 88.9 cm³/mol. The second-order valence-electron chi connectivity index (χ2n) is 7.22. The summed E-state index contributed by atoms with van der Waals surface area (Å²) in [5, 5.41) is 9.61. The van der Waals surface area contributed by atoms with Gasteiger partial charge in [-0.15, -0.1) is 0 Å². The number of benzene rings is 1. The van der Waals surface area contributed by atoms with E-state index in [0.29, 0.717) is 12.1 Å². The molecule has 24 heavy (non-hydrogen) atoms. The van der Waals surface area contributed by atoms with Gasteiger partial charge in [0.25, 0.3) is 0 Å². The quantitative estimate of drug-likeness (QED) is 0.377. The molecule has 5 heteroatoms. The van der Waals surface area contributed by atoms with Gasteiger partial charge in [0.2, 0.25) is 0 Å². The first kappa shape index (κ1) is 19.7. The summed E-state index contributed by atoms with van der Waals surface area (Å²) in [5.41, 5.74) is 0.827. The lowest BCUT2D eigenvalue weighted by Gasteiger charge is -2.46. The summed E-state index contributed by atoms with van der Waals surface area (Å²) < 4.78 is 6.94. The minimum Gasteiger partial charge on any atom is -1.00 e. The van der Waals surface area contributed by atoms with Crippen LogP contribution in [0.1, 0.15) is 44.1 Å². The summed E-state index contributed by atoms with van der Waals surface area (Å²) in [6, 6.07) is 10.6. The molecule has 0 aliphatic carbocycles. The molecular formula is C19H28INO3. The second kappa shape index (κ2) is 8.15. The molecule has 3 unspecified atom stereocenters. The molecule has 2 bridgehead atoms. The van der Waals surface area contributed by atoms with Gasteiger partial charge in [-0.05, 0) is 12.5 Å². The molecule has 1 aromatic rings. The van der Waals surface area contributed by atoms with Gasteiger partial charge in [-0.3, -0.25) is 4.79 Å². The van der Waals surface area contributed by atoms with Crippen molar-refractivity contribution in [3.05, 3.63) is 35.9 Å². The highest BCUT2D eigenvalue weighted by atomic mass is 127. The van der Waals surface area contributed by atoms with Gasteiger partial charge in [0, 0.05) is 25.7 Å². The monoisotopic (exact) mass is 445 g/mol. The molecule has 2 saturated heterocycles. The average Bonchev–Trinajstić information content (AvgIpc) is 2.74. The van der Waals surface area contributed by atoms with Crippen molar-refractivity contribution in [2.75, 3.05) is 20.2 Å². The number of ether oxygens (including phenoxy) is 1. The zero-order valence-electron chi connectivity index (χ0n) is 14.5. The Balaban J connectivity index is 0.00000208. The van der Waals surface area contributed by atoms with Crippen molar-refractivity contribution in [1.29, 1.82) is 0 Å². The third kappa shape index (κ3) is 3.63. The van der Waals surface area contributed by atoms with Crippen LogP contribution in [0.2, 0.25) is 0 Å². The number of fused-ring (bicyclic) bond motifs is 2. The first-order valence-corrected chi connectivity index (χ1v) is 8.79. The van der Waals surface area contributed by atoms with Gasteiger partial charge < -0.3 is 38.3 Å². The van der Waals surface area contributed by atoms with E-state index in [2.05, 4.69) is 14.0 Å². The molecule has 1 N–H and O–H groups in total. The Bertz CT molecular complexity index is 537. The smallest absolute Gasteiger partial charge is 0.316 e. The summed E-state index contributed by atoms with van der Waals surface area (Å²) >= 11 is 0. The molecule has 0 aromatic heterocycles. The van der Waals surface area contributed by atoms with Crippen LogP contribution in [0.5, 0.6) is 0 Å². The van der Waals surface area contributed by atoms with E-state index in [4.69, 9.17) is 4.74 Å². The minimum absolute atomic E-state index is 0. The Morgan fingerprint density at radius 1 is 1.25 bits per heavy atom. The molecule has 4 nitrogen and oxygen atoms in total. The molecule has 0 spiro atoms. The molecule has 2 aliphatic rings. The number of carbonyl (C=O) groups is 1. The SMILES string of the molecule is CC[N+]1(C)C2CCC1CC(OC(=O)C(CO)c1ccccc1)C2.[I-]. The van der Waals surface area contributed by atoms with Crippen LogP contribution in [0.3, 0.4) is 0 Å². The molecule has 0 radical (unpaired) electrons. The van der Waals surface area contributed by atoms with Gasteiger partial charge >= 0.3 is 5.97 Å². The van der Waals surface area contributed by atoms with Crippen LogP contribution < -0.4 is 24.0 Å². The third-order valence-corrected chi connectivity index (χ3v) is 6.20. The van der Waals surface area contributed by atoms with Crippen molar-refractivity contribution in [2.45, 2.75) is 56.7 Å². The van der Waals surface area contributed by atoms with Crippen LogP contribution in [-0.2, 0) is 9.53 Å². The van der Waals surface area contributed by atoms with Gasteiger partial charge in [-0.25, -0.2) is 0 Å². The summed E-state index contributed by atoms with van der Waals surface area (Å²) in [6.07, 6.45) is 4.41. The number of aliphatic hydroxyl groups excluding tert-OH is 1. The van der Waals surface area contributed by atoms with Gasteiger partial charge in [-0.2, -0.15) is 0 Å². The van der Waals surface area contributed by atoms with Crippen LogP contribution in [-0.4, -0.2) is 53.9 Å². The summed E-state index contributed by atoms with van der Waals surface area (Å²) in [6.45, 7) is 3.21. The Kier molecular flexibility index (Phi) is 6.67. The molecule has 2 fully saturated rings. The number of hydrogen-bond acceptors (Lipinski definition) is 3. The number of nitrogens with zero attached hydrogens (tertiary/aromatic N) is 1. The van der Waals surface area contributed by atoms with Crippen molar-refractivity contribution in [3.63, 3.8) is 0 Å². The Morgan fingerprint density at radius 2 is 1.83 bits per heavy atom. The van der Waals surface area contributed by atoms with Gasteiger partial charge in [0.1, 0.15) is 12.0 Å². The largest absolute Gasteiger partial charge is 1.00 e. The van der Waals surface area contributed by atoms with Crippen LogP contribution in [0, 0.1) is 0 Å². The van der Waals surface area contributed by atoms with E-state index in [1.54, 1.807) is 0 Å². The molecular weight excluding hydrogens is 417 g/mol. The molecule has 3 rings (SSSR count). The minimum atomic E-state index is -0.567.